The molecule has 4 atom stereocenters. The zero-order valence-corrected chi connectivity index (χ0v) is 23.4. The lowest BCUT2D eigenvalue weighted by molar-refractivity contribution is -0.0176. The zero-order chi connectivity index (χ0) is 26.6. The van der Waals surface area contributed by atoms with Gasteiger partial charge in [0.25, 0.3) is 0 Å². The molecule has 37 heavy (non-hydrogen) atoms. The summed E-state index contributed by atoms with van der Waals surface area (Å²) in [6.45, 7) is 4.32. The Balaban J connectivity index is 1.65. The largest absolute Gasteiger partial charge is 0.453 e. The third-order valence-corrected chi connectivity index (χ3v) is 7.78. The Hall–Kier alpha value is -2.03. The van der Waals surface area contributed by atoms with Crippen LogP contribution in [0.25, 0.3) is 0 Å². The van der Waals surface area contributed by atoms with Gasteiger partial charge in [-0.15, -0.1) is 0 Å². The standard InChI is InChI=1S/C28H45ClN4O4/c1-20(31-28(35)36-3)19-37-26(22-11-7-13-24(29)16-22)23-12-8-14-33(18-23)27(34)32-25(17-30-2)15-21-9-5-4-6-10-21/h7,11,13,16,20-21,23,25-26,30H,4-6,8-10,12,14-15,17-19H2,1-3H3,(H,31,35)(H,32,34). The summed E-state index contributed by atoms with van der Waals surface area (Å²) in [5.41, 5.74) is 0.982. The molecule has 3 amide bonds. The SMILES string of the molecule is CNCC(CC1CCCCC1)NC(=O)N1CCCC(C(OCC(C)NC(=O)OC)c2cccc(Cl)c2)C1. The van der Waals surface area contributed by atoms with E-state index < -0.39 is 6.09 Å². The first-order valence-electron chi connectivity index (χ1n) is 13.8. The summed E-state index contributed by atoms with van der Waals surface area (Å²) in [6, 6.07) is 7.62. The lowest BCUT2D eigenvalue weighted by atomic mass is 9.85. The van der Waals surface area contributed by atoms with Gasteiger partial charge in [-0.3, -0.25) is 0 Å². The van der Waals surface area contributed by atoms with E-state index in [1.807, 2.05) is 43.1 Å². The maximum Gasteiger partial charge on any atom is 0.407 e. The molecule has 0 radical (unpaired) electrons. The van der Waals surface area contributed by atoms with Gasteiger partial charge in [0.05, 0.1) is 25.9 Å². The molecular formula is C28H45ClN4O4. The van der Waals surface area contributed by atoms with Crippen LogP contribution < -0.4 is 16.0 Å². The van der Waals surface area contributed by atoms with E-state index in [0.717, 1.165) is 37.9 Å². The number of methoxy groups -OCH3 is 1. The second-order valence-electron chi connectivity index (χ2n) is 10.6. The van der Waals surface area contributed by atoms with Crippen molar-refractivity contribution in [2.75, 3.05) is 40.4 Å². The molecule has 0 aromatic heterocycles. The van der Waals surface area contributed by atoms with Crippen LogP contribution in [-0.4, -0.2) is 69.5 Å². The number of carbonyl (C=O) groups is 2. The fraction of sp³-hybridized carbons (Fsp3) is 0.714. The number of carbonyl (C=O) groups excluding carboxylic acids is 2. The molecule has 4 unspecified atom stereocenters. The van der Waals surface area contributed by atoms with Gasteiger partial charge in [0.1, 0.15) is 0 Å². The van der Waals surface area contributed by atoms with Crippen LogP contribution in [0, 0.1) is 11.8 Å². The quantitative estimate of drug-likeness (QED) is 0.365. The molecule has 9 heteroatoms. The second-order valence-corrected chi connectivity index (χ2v) is 11.1. The molecular weight excluding hydrogens is 492 g/mol. The van der Waals surface area contributed by atoms with Crippen LogP contribution in [0.5, 0.6) is 0 Å². The molecule has 1 aromatic carbocycles. The third kappa shape index (κ3) is 9.65. The number of piperidine rings is 1. The average Bonchev–Trinajstić information content (AvgIpc) is 2.89. The van der Waals surface area contributed by atoms with Gasteiger partial charge >= 0.3 is 12.1 Å². The lowest BCUT2D eigenvalue weighted by Gasteiger charge is -2.38. The Labute approximate surface area is 227 Å². The summed E-state index contributed by atoms with van der Waals surface area (Å²) in [5.74, 6) is 0.812. The van der Waals surface area contributed by atoms with E-state index in [9.17, 15) is 9.59 Å². The number of urea groups is 1. The predicted molar refractivity (Wildman–Crippen MR) is 147 cm³/mol. The molecule has 1 saturated carbocycles. The first-order chi connectivity index (χ1) is 17.9. The van der Waals surface area contributed by atoms with Crippen molar-refractivity contribution in [2.24, 2.45) is 11.8 Å². The minimum absolute atomic E-state index is 0.00586. The fourth-order valence-electron chi connectivity index (χ4n) is 5.71. The van der Waals surface area contributed by atoms with Crippen molar-refractivity contribution in [2.45, 2.75) is 76.5 Å². The smallest absolute Gasteiger partial charge is 0.407 e. The number of hydrogen-bond donors (Lipinski definition) is 3. The topological polar surface area (TPSA) is 91.9 Å². The summed E-state index contributed by atoms with van der Waals surface area (Å²) in [7, 11) is 3.29. The molecule has 1 aliphatic carbocycles. The minimum atomic E-state index is -0.486. The van der Waals surface area contributed by atoms with Gasteiger partial charge in [0, 0.05) is 36.6 Å². The average molecular weight is 537 g/mol. The highest BCUT2D eigenvalue weighted by Gasteiger charge is 2.32. The number of ether oxygens (including phenoxy) is 2. The number of hydrogen-bond acceptors (Lipinski definition) is 5. The number of rotatable bonds is 11. The summed E-state index contributed by atoms with van der Waals surface area (Å²) >= 11 is 6.31. The maximum absolute atomic E-state index is 13.4. The molecule has 1 aliphatic heterocycles. The van der Waals surface area contributed by atoms with Gasteiger partial charge < -0.3 is 30.3 Å². The number of nitrogens with one attached hydrogen (secondary N) is 3. The number of alkyl carbamates (subject to hydrolysis) is 1. The predicted octanol–water partition coefficient (Wildman–Crippen LogP) is 5.12. The highest BCUT2D eigenvalue weighted by molar-refractivity contribution is 6.30. The second kappa shape index (κ2) is 15.4. The van der Waals surface area contributed by atoms with Gasteiger partial charge in [-0.1, -0.05) is 55.8 Å². The highest BCUT2D eigenvalue weighted by Crippen LogP contribution is 2.34. The maximum atomic E-state index is 13.4. The van der Waals surface area contributed by atoms with Gasteiger partial charge in [0.2, 0.25) is 0 Å². The molecule has 1 aromatic rings. The molecule has 0 bridgehead atoms. The molecule has 3 rings (SSSR count). The number of benzene rings is 1. The summed E-state index contributed by atoms with van der Waals surface area (Å²) in [4.78, 5) is 26.9. The van der Waals surface area contributed by atoms with Crippen molar-refractivity contribution in [3.05, 3.63) is 34.9 Å². The Morgan fingerprint density at radius 3 is 2.62 bits per heavy atom. The summed E-state index contributed by atoms with van der Waals surface area (Å²) < 4.78 is 11.1. The lowest BCUT2D eigenvalue weighted by Crippen LogP contribution is -2.52. The minimum Gasteiger partial charge on any atom is -0.453 e. The molecule has 0 spiro atoms. The van der Waals surface area contributed by atoms with E-state index in [-0.39, 0.29) is 30.1 Å². The molecule has 2 fully saturated rings. The molecule has 1 saturated heterocycles. The Morgan fingerprint density at radius 2 is 1.92 bits per heavy atom. The Bertz CT molecular complexity index is 851. The van der Waals surface area contributed by atoms with E-state index >= 15 is 0 Å². The van der Waals surface area contributed by atoms with Gasteiger partial charge in [0.15, 0.2) is 0 Å². The van der Waals surface area contributed by atoms with Crippen LogP contribution in [0.1, 0.15) is 70.0 Å². The van der Waals surface area contributed by atoms with Crippen LogP contribution in [0.3, 0.4) is 0 Å². The van der Waals surface area contributed by atoms with Crippen LogP contribution in [0.2, 0.25) is 5.02 Å². The van der Waals surface area contributed by atoms with Gasteiger partial charge in [-0.2, -0.15) is 0 Å². The number of likely N-dealkylation sites (N-methyl/N-ethyl adjacent to an activating group) is 1. The number of nitrogens with zero attached hydrogens (tertiary/aromatic N) is 1. The van der Waals surface area contributed by atoms with Crippen LogP contribution in [0.4, 0.5) is 9.59 Å². The van der Waals surface area contributed by atoms with Gasteiger partial charge in [-0.25, -0.2) is 9.59 Å². The summed E-state index contributed by atoms with van der Waals surface area (Å²) in [6.07, 6.45) is 8.63. The third-order valence-electron chi connectivity index (χ3n) is 7.55. The first-order valence-corrected chi connectivity index (χ1v) is 14.2. The molecule has 1 heterocycles. The first kappa shape index (κ1) is 29.5. The van der Waals surface area contributed by atoms with Crippen LogP contribution in [0.15, 0.2) is 24.3 Å². The normalized spacial score (nSPS) is 21.1. The van der Waals surface area contributed by atoms with Crippen molar-refractivity contribution >= 4 is 23.7 Å². The Kier molecular flexibility index (Phi) is 12.3. The van der Waals surface area contributed by atoms with Crippen molar-refractivity contribution in [3.8, 4) is 0 Å². The van der Waals surface area contributed by atoms with Crippen LogP contribution in [-0.2, 0) is 9.47 Å². The molecule has 208 valence electrons. The van der Waals surface area contributed by atoms with E-state index in [1.54, 1.807) is 0 Å². The van der Waals surface area contributed by atoms with Crippen molar-refractivity contribution in [1.82, 2.24) is 20.9 Å². The molecule has 2 aliphatic rings. The molecule has 3 N–H and O–H groups in total. The number of halogens is 1. The van der Waals surface area contributed by atoms with E-state index in [2.05, 4.69) is 16.0 Å². The number of likely N-dealkylation sites (tertiary alicyclic amines) is 1. The van der Waals surface area contributed by atoms with Crippen molar-refractivity contribution < 1.29 is 19.1 Å². The fourth-order valence-corrected chi connectivity index (χ4v) is 5.91. The zero-order valence-electron chi connectivity index (χ0n) is 22.6. The monoisotopic (exact) mass is 536 g/mol. The van der Waals surface area contributed by atoms with E-state index in [0.29, 0.717) is 24.1 Å². The van der Waals surface area contributed by atoms with Gasteiger partial charge in [-0.05, 0) is 56.8 Å². The highest BCUT2D eigenvalue weighted by atomic mass is 35.5. The molecule has 8 nitrogen and oxygen atoms in total. The Morgan fingerprint density at radius 1 is 1.14 bits per heavy atom. The van der Waals surface area contributed by atoms with Crippen molar-refractivity contribution in [3.63, 3.8) is 0 Å². The van der Waals surface area contributed by atoms with E-state index in [1.165, 1.54) is 39.2 Å². The number of amides is 3. The van der Waals surface area contributed by atoms with Crippen LogP contribution >= 0.6 is 11.6 Å². The van der Waals surface area contributed by atoms with E-state index in [4.69, 9.17) is 21.1 Å². The van der Waals surface area contributed by atoms with Crippen molar-refractivity contribution in [1.29, 1.82) is 0 Å². The summed E-state index contributed by atoms with van der Waals surface area (Å²) in [5, 5.41) is 9.98.